The Bertz CT molecular complexity index is 227. The minimum atomic E-state index is -0.146. The number of nitrogens with two attached hydrogens (primary N) is 1. The monoisotopic (exact) mass is 230 g/mol. The molecule has 16 heavy (non-hydrogen) atoms. The van der Waals surface area contributed by atoms with Crippen molar-refractivity contribution in [2.24, 2.45) is 10.7 Å². The Morgan fingerprint density at radius 2 is 2.06 bits per heavy atom. The molecule has 6 heteroatoms. The third-order valence-electron chi connectivity index (χ3n) is 2.10. The van der Waals surface area contributed by atoms with E-state index in [-0.39, 0.29) is 12.5 Å². The molecule has 0 atom stereocenters. The summed E-state index contributed by atoms with van der Waals surface area (Å²) in [6, 6.07) is 0. The molecule has 0 rings (SSSR count). The fraction of sp³-hybridized carbons (Fsp3) is 0.800. The van der Waals surface area contributed by atoms with Crippen LogP contribution in [-0.4, -0.2) is 56.7 Å². The molecule has 1 amide bonds. The standard InChI is InChI=1S/C10H22N4O2/c1-4-14(5-2)10(11)13-8-9(15)12-6-7-16-3/h4-8H2,1-3H3,(H2,11,13)(H,12,15). The fourth-order valence-electron chi connectivity index (χ4n) is 1.15. The molecule has 0 unspecified atom stereocenters. The maximum atomic E-state index is 11.3. The highest BCUT2D eigenvalue weighted by molar-refractivity contribution is 5.83. The third-order valence-corrected chi connectivity index (χ3v) is 2.10. The van der Waals surface area contributed by atoms with Gasteiger partial charge in [-0.25, -0.2) is 4.99 Å². The number of rotatable bonds is 7. The largest absolute Gasteiger partial charge is 0.383 e. The smallest absolute Gasteiger partial charge is 0.241 e. The lowest BCUT2D eigenvalue weighted by Crippen LogP contribution is -2.38. The van der Waals surface area contributed by atoms with Crippen LogP contribution < -0.4 is 11.1 Å². The topological polar surface area (TPSA) is 80.0 Å². The number of ether oxygens (including phenoxy) is 1. The molecular formula is C10H22N4O2. The van der Waals surface area contributed by atoms with Crippen LogP contribution in [0.5, 0.6) is 0 Å². The first-order chi connectivity index (χ1) is 7.65. The molecule has 0 aromatic heterocycles. The molecule has 0 fully saturated rings. The molecule has 0 aliphatic carbocycles. The minimum absolute atomic E-state index is 0.0616. The number of methoxy groups -OCH3 is 1. The first-order valence-electron chi connectivity index (χ1n) is 5.46. The van der Waals surface area contributed by atoms with E-state index in [1.54, 1.807) is 7.11 Å². The number of nitrogens with one attached hydrogen (secondary N) is 1. The van der Waals surface area contributed by atoms with Crippen LogP contribution in [0, 0.1) is 0 Å². The number of carbonyl (C=O) groups is 1. The van der Waals surface area contributed by atoms with Gasteiger partial charge in [0.05, 0.1) is 6.61 Å². The van der Waals surface area contributed by atoms with Crippen molar-refractivity contribution in [1.29, 1.82) is 0 Å². The van der Waals surface area contributed by atoms with Crippen LogP contribution >= 0.6 is 0 Å². The Hall–Kier alpha value is -1.30. The molecule has 0 aliphatic heterocycles. The van der Waals surface area contributed by atoms with E-state index in [0.717, 1.165) is 13.1 Å². The summed E-state index contributed by atoms with van der Waals surface area (Å²) in [4.78, 5) is 17.2. The molecule has 0 radical (unpaired) electrons. The Labute approximate surface area is 96.8 Å². The van der Waals surface area contributed by atoms with Crippen molar-refractivity contribution >= 4 is 11.9 Å². The highest BCUT2D eigenvalue weighted by Gasteiger charge is 2.03. The van der Waals surface area contributed by atoms with Crippen molar-refractivity contribution in [2.75, 3.05) is 39.9 Å². The Balaban J connectivity index is 3.91. The molecule has 0 saturated heterocycles. The maximum absolute atomic E-state index is 11.3. The Morgan fingerprint density at radius 1 is 1.44 bits per heavy atom. The highest BCUT2D eigenvalue weighted by Crippen LogP contribution is 1.86. The van der Waals surface area contributed by atoms with Crippen molar-refractivity contribution in [3.05, 3.63) is 0 Å². The normalized spacial score (nSPS) is 11.3. The van der Waals surface area contributed by atoms with Crippen LogP contribution in [0.3, 0.4) is 0 Å². The molecule has 0 heterocycles. The summed E-state index contributed by atoms with van der Waals surface area (Å²) in [5.41, 5.74) is 5.71. The van der Waals surface area contributed by atoms with E-state index in [9.17, 15) is 4.79 Å². The molecule has 0 aromatic carbocycles. The van der Waals surface area contributed by atoms with Gasteiger partial charge in [-0.05, 0) is 13.8 Å². The lowest BCUT2D eigenvalue weighted by Gasteiger charge is -2.19. The molecular weight excluding hydrogens is 208 g/mol. The van der Waals surface area contributed by atoms with E-state index in [1.807, 2.05) is 18.7 Å². The summed E-state index contributed by atoms with van der Waals surface area (Å²) in [5, 5.41) is 2.67. The predicted octanol–water partition coefficient (Wildman–Crippen LogP) is -0.594. The SMILES string of the molecule is CCN(CC)C(N)=NCC(=O)NCCOC. The summed E-state index contributed by atoms with van der Waals surface area (Å²) in [7, 11) is 1.59. The summed E-state index contributed by atoms with van der Waals surface area (Å²) in [6.45, 7) is 6.62. The number of amides is 1. The molecule has 6 nitrogen and oxygen atoms in total. The summed E-state index contributed by atoms with van der Waals surface area (Å²) < 4.78 is 4.81. The number of guanidine groups is 1. The second-order valence-electron chi connectivity index (χ2n) is 3.19. The van der Waals surface area contributed by atoms with E-state index in [4.69, 9.17) is 10.5 Å². The molecule has 0 spiro atoms. The second kappa shape index (κ2) is 8.96. The quantitative estimate of drug-likeness (QED) is 0.348. The van der Waals surface area contributed by atoms with Crippen LogP contribution in [0.1, 0.15) is 13.8 Å². The van der Waals surface area contributed by atoms with Gasteiger partial charge in [-0.2, -0.15) is 0 Å². The van der Waals surface area contributed by atoms with Gasteiger partial charge < -0.3 is 20.7 Å². The van der Waals surface area contributed by atoms with E-state index in [2.05, 4.69) is 10.3 Å². The Morgan fingerprint density at radius 3 is 2.56 bits per heavy atom. The van der Waals surface area contributed by atoms with E-state index < -0.39 is 0 Å². The average Bonchev–Trinajstić information content (AvgIpc) is 2.28. The zero-order valence-electron chi connectivity index (χ0n) is 10.3. The van der Waals surface area contributed by atoms with Crippen LogP contribution in [0.25, 0.3) is 0 Å². The number of aliphatic imine (C=N–C) groups is 1. The summed E-state index contributed by atoms with van der Waals surface area (Å²) in [6.07, 6.45) is 0. The van der Waals surface area contributed by atoms with Crippen molar-refractivity contribution in [1.82, 2.24) is 10.2 Å². The van der Waals surface area contributed by atoms with Crippen molar-refractivity contribution in [3.8, 4) is 0 Å². The van der Waals surface area contributed by atoms with Crippen LogP contribution in [-0.2, 0) is 9.53 Å². The van der Waals surface area contributed by atoms with Crippen molar-refractivity contribution < 1.29 is 9.53 Å². The number of carbonyl (C=O) groups excluding carboxylic acids is 1. The molecule has 0 aromatic rings. The minimum Gasteiger partial charge on any atom is -0.383 e. The number of hydrogen-bond donors (Lipinski definition) is 2. The number of hydrogen-bond acceptors (Lipinski definition) is 3. The summed E-state index contributed by atoms with van der Waals surface area (Å²) >= 11 is 0. The van der Waals surface area contributed by atoms with E-state index >= 15 is 0 Å². The zero-order chi connectivity index (χ0) is 12.4. The molecule has 0 saturated carbocycles. The first kappa shape index (κ1) is 14.7. The van der Waals surface area contributed by atoms with Gasteiger partial charge >= 0.3 is 0 Å². The molecule has 0 bridgehead atoms. The average molecular weight is 230 g/mol. The van der Waals surface area contributed by atoms with E-state index in [0.29, 0.717) is 19.1 Å². The van der Waals surface area contributed by atoms with Gasteiger partial charge in [0.1, 0.15) is 6.54 Å². The van der Waals surface area contributed by atoms with Gasteiger partial charge in [-0.1, -0.05) is 0 Å². The lowest BCUT2D eigenvalue weighted by atomic mass is 10.5. The van der Waals surface area contributed by atoms with Crippen LogP contribution in [0.2, 0.25) is 0 Å². The lowest BCUT2D eigenvalue weighted by molar-refractivity contribution is -0.119. The van der Waals surface area contributed by atoms with Crippen LogP contribution in [0.4, 0.5) is 0 Å². The van der Waals surface area contributed by atoms with Gasteiger partial charge in [0, 0.05) is 26.7 Å². The molecule has 94 valence electrons. The third kappa shape index (κ3) is 6.23. The number of nitrogens with zero attached hydrogens (tertiary/aromatic N) is 2. The van der Waals surface area contributed by atoms with Crippen LogP contribution in [0.15, 0.2) is 4.99 Å². The van der Waals surface area contributed by atoms with Gasteiger partial charge in [0.25, 0.3) is 0 Å². The fourth-order valence-corrected chi connectivity index (χ4v) is 1.15. The molecule has 0 aliphatic rings. The van der Waals surface area contributed by atoms with E-state index in [1.165, 1.54) is 0 Å². The van der Waals surface area contributed by atoms with Gasteiger partial charge in [0.15, 0.2) is 5.96 Å². The zero-order valence-corrected chi connectivity index (χ0v) is 10.3. The summed E-state index contributed by atoms with van der Waals surface area (Å²) in [5.74, 6) is 0.263. The van der Waals surface area contributed by atoms with Crippen molar-refractivity contribution in [2.45, 2.75) is 13.8 Å². The van der Waals surface area contributed by atoms with Crippen molar-refractivity contribution in [3.63, 3.8) is 0 Å². The maximum Gasteiger partial charge on any atom is 0.241 e. The van der Waals surface area contributed by atoms with Gasteiger partial charge in [0.2, 0.25) is 5.91 Å². The Kier molecular flexibility index (Phi) is 8.24. The first-order valence-corrected chi connectivity index (χ1v) is 5.46. The van der Waals surface area contributed by atoms with Gasteiger partial charge in [-0.15, -0.1) is 0 Å². The predicted molar refractivity (Wildman–Crippen MR) is 64.3 cm³/mol. The molecule has 3 N–H and O–H groups in total. The van der Waals surface area contributed by atoms with Gasteiger partial charge in [-0.3, -0.25) is 4.79 Å². The second-order valence-corrected chi connectivity index (χ2v) is 3.19. The highest BCUT2D eigenvalue weighted by atomic mass is 16.5.